The Labute approximate surface area is 188 Å². The summed E-state index contributed by atoms with van der Waals surface area (Å²) in [6.45, 7) is 1.77. The first-order valence-corrected chi connectivity index (χ1v) is 10.5. The number of Topliss-reactive ketones (excluding diaryl/α,β-unsaturated/α-hetero) is 1. The van der Waals surface area contributed by atoms with Crippen LogP contribution in [0.25, 0.3) is 0 Å². The van der Waals surface area contributed by atoms with Crippen molar-refractivity contribution in [2.75, 3.05) is 10.2 Å². The van der Waals surface area contributed by atoms with Gasteiger partial charge < -0.3 is 11.1 Å². The summed E-state index contributed by atoms with van der Waals surface area (Å²) in [5.74, 6) is -0.751. The first kappa shape index (κ1) is 20.5. The second-order valence-electron chi connectivity index (χ2n) is 8.28. The van der Waals surface area contributed by atoms with Crippen molar-refractivity contribution in [3.63, 3.8) is 0 Å². The van der Waals surface area contributed by atoms with Crippen LogP contribution in [-0.2, 0) is 15.0 Å². The Kier molecular flexibility index (Phi) is 4.36. The monoisotopic (exact) mass is 441 g/mol. The zero-order chi connectivity index (χ0) is 23.5. The molecule has 1 amide bonds. The Hall–Kier alpha value is -4.45. The summed E-state index contributed by atoms with van der Waals surface area (Å²) in [4.78, 5) is 39.4. The number of anilines is 2. The summed E-state index contributed by atoms with van der Waals surface area (Å²) in [6, 6.07) is 13.4. The van der Waals surface area contributed by atoms with Crippen LogP contribution in [-0.4, -0.2) is 16.6 Å². The van der Waals surface area contributed by atoms with Crippen LogP contribution in [0.1, 0.15) is 30.4 Å². The Morgan fingerprint density at radius 2 is 1.97 bits per heavy atom. The van der Waals surface area contributed by atoms with Gasteiger partial charge in [0, 0.05) is 41.1 Å². The summed E-state index contributed by atoms with van der Waals surface area (Å²) in [5, 5.41) is 24.5. The number of nitrogens with one attached hydrogen (secondary N) is 1. The van der Waals surface area contributed by atoms with E-state index in [4.69, 9.17) is 5.73 Å². The van der Waals surface area contributed by atoms with Gasteiger partial charge in [0.1, 0.15) is 17.3 Å². The van der Waals surface area contributed by atoms with Crippen molar-refractivity contribution in [3.05, 3.63) is 86.4 Å². The van der Waals surface area contributed by atoms with Crippen molar-refractivity contribution in [3.8, 4) is 6.07 Å². The number of carbonyl (C=O) groups excluding carboxylic acids is 2. The molecule has 3 aliphatic rings. The summed E-state index contributed by atoms with van der Waals surface area (Å²) in [5.41, 5.74) is 7.54. The van der Waals surface area contributed by atoms with E-state index in [1.807, 2.05) is 0 Å². The van der Waals surface area contributed by atoms with E-state index in [1.54, 1.807) is 42.2 Å². The molecule has 0 radical (unpaired) electrons. The highest BCUT2D eigenvalue weighted by Gasteiger charge is 2.60. The lowest BCUT2D eigenvalue weighted by Gasteiger charge is -2.43. The average molecular weight is 441 g/mol. The molecule has 0 saturated heterocycles. The van der Waals surface area contributed by atoms with Crippen LogP contribution in [0.3, 0.4) is 0 Å². The van der Waals surface area contributed by atoms with Crippen LogP contribution >= 0.6 is 0 Å². The van der Waals surface area contributed by atoms with Crippen LogP contribution in [0.5, 0.6) is 0 Å². The molecule has 1 spiro atoms. The predicted octanol–water partition coefficient (Wildman–Crippen LogP) is 3.31. The maximum atomic E-state index is 13.5. The third kappa shape index (κ3) is 2.58. The Morgan fingerprint density at radius 1 is 1.21 bits per heavy atom. The number of allylic oxidation sites excluding steroid dienone is 1. The summed E-state index contributed by atoms with van der Waals surface area (Å²) in [7, 11) is 0. The molecule has 1 aliphatic carbocycles. The number of benzene rings is 2. The van der Waals surface area contributed by atoms with Gasteiger partial charge in [-0.15, -0.1) is 0 Å². The van der Waals surface area contributed by atoms with Gasteiger partial charge in [-0.05, 0) is 31.4 Å². The van der Waals surface area contributed by atoms with Gasteiger partial charge in [-0.3, -0.25) is 24.6 Å². The molecule has 1 atom stereocenters. The fourth-order valence-corrected chi connectivity index (χ4v) is 5.17. The molecule has 0 fully saturated rings. The molecule has 2 aromatic rings. The van der Waals surface area contributed by atoms with E-state index in [2.05, 4.69) is 11.4 Å². The number of non-ortho nitro benzene ring substituents is 1. The smallest absolute Gasteiger partial charge is 0.271 e. The zero-order valence-corrected chi connectivity index (χ0v) is 17.7. The minimum Gasteiger partial charge on any atom is -0.384 e. The molecule has 33 heavy (non-hydrogen) atoms. The number of aryl methyl sites for hydroxylation is 1. The lowest BCUT2D eigenvalue weighted by atomic mass is 9.64. The first-order chi connectivity index (χ1) is 15.8. The van der Waals surface area contributed by atoms with Crippen LogP contribution in [0.4, 0.5) is 17.1 Å². The van der Waals surface area contributed by atoms with E-state index < -0.39 is 16.2 Å². The number of nitro benzene ring substituents is 1. The average Bonchev–Trinajstić information content (AvgIpc) is 3.07. The van der Waals surface area contributed by atoms with Gasteiger partial charge in [-0.1, -0.05) is 24.3 Å². The molecule has 9 heteroatoms. The second kappa shape index (κ2) is 7.03. The standard InChI is InChI=1S/C24H19N5O4/c1-13-9-10-14(29(32)33)11-19(13)28-18-7-4-8-20(30)21(18)24(16(12-25)22(28)26)15-5-2-3-6-17(15)27-23(24)31/h2-3,5-6,9-11H,4,7-8,26H2,1H3,(H,27,31). The fourth-order valence-electron chi connectivity index (χ4n) is 5.17. The lowest BCUT2D eigenvalue weighted by molar-refractivity contribution is -0.384. The highest BCUT2D eigenvalue weighted by Crippen LogP contribution is 2.55. The van der Waals surface area contributed by atoms with Gasteiger partial charge in [0.15, 0.2) is 5.78 Å². The number of nitriles is 1. The van der Waals surface area contributed by atoms with Gasteiger partial charge >= 0.3 is 0 Å². The van der Waals surface area contributed by atoms with E-state index in [0.29, 0.717) is 41.0 Å². The number of hydrogen-bond acceptors (Lipinski definition) is 7. The largest absolute Gasteiger partial charge is 0.384 e. The van der Waals surface area contributed by atoms with Gasteiger partial charge in [0.25, 0.3) is 5.69 Å². The number of nitrogens with zero attached hydrogens (tertiary/aromatic N) is 3. The summed E-state index contributed by atoms with van der Waals surface area (Å²) in [6.07, 6.45) is 1.20. The van der Waals surface area contributed by atoms with Crippen molar-refractivity contribution in [2.45, 2.75) is 31.6 Å². The molecular weight excluding hydrogens is 422 g/mol. The minimum absolute atomic E-state index is 0.0126. The zero-order valence-electron chi connectivity index (χ0n) is 17.7. The Balaban J connectivity index is 1.88. The van der Waals surface area contributed by atoms with E-state index in [0.717, 1.165) is 0 Å². The lowest BCUT2D eigenvalue weighted by Crippen LogP contribution is -2.50. The summed E-state index contributed by atoms with van der Waals surface area (Å²) >= 11 is 0. The molecule has 0 bridgehead atoms. The summed E-state index contributed by atoms with van der Waals surface area (Å²) < 4.78 is 0. The van der Waals surface area contributed by atoms with Crippen molar-refractivity contribution in [1.29, 1.82) is 5.26 Å². The molecule has 0 aromatic heterocycles. The van der Waals surface area contributed by atoms with Crippen molar-refractivity contribution in [2.24, 2.45) is 5.73 Å². The Morgan fingerprint density at radius 3 is 2.70 bits per heavy atom. The molecule has 3 N–H and O–H groups in total. The van der Waals surface area contributed by atoms with Crippen molar-refractivity contribution in [1.82, 2.24) is 0 Å². The van der Waals surface area contributed by atoms with E-state index >= 15 is 0 Å². The SMILES string of the molecule is Cc1ccc([N+](=O)[O-])cc1N1C(N)=C(C#N)C2(C(=O)Nc3ccccc32)C2=C1CCCC2=O. The van der Waals surface area contributed by atoms with E-state index in [1.165, 1.54) is 12.1 Å². The van der Waals surface area contributed by atoms with Crippen LogP contribution in [0.2, 0.25) is 0 Å². The predicted molar refractivity (Wildman–Crippen MR) is 120 cm³/mol. The second-order valence-corrected chi connectivity index (χ2v) is 8.28. The fraction of sp³-hybridized carbons (Fsp3) is 0.208. The van der Waals surface area contributed by atoms with Crippen molar-refractivity contribution >= 4 is 28.8 Å². The van der Waals surface area contributed by atoms with Crippen LogP contribution in [0.15, 0.2) is 65.1 Å². The number of rotatable bonds is 2. The molecule has 5 rings (SSSR count). The third-order valence-electron chi connectivity index (χ3n) is 6.58. The number of nitrogens with two attached hydrogens (primary N) is 1. The number of para-hydroxylation sites is 1. The normalized spacial score (nSPS) is 21.6. The molecule has 9 nitrogen and oxygen atoms in total. The maximum absolute atomic E-state index is 13.5. The minimum atomic E-state index is -1.65. The molecule has 1 unspecified atom stereocenters. The quantitative estimate of drug-likeness (QED) is 0.538. The molecule has 0 saturated carbocycles. The van der Waals surface area contributed by atoms with Gasteiger partial charge in [-0.25, -0.2) is 0 Å². The van der Waals surface area contributed by atoms with Crippen molar-refractivity contribution < 1.29 is 14.5 Å². The number of carbonyl (C=O) groups is 2. The number of amides is 1. The number of fused-ring (bicyclic) bond motifs is 3. The number of hydrogen-bond donors (Lipinski definition) is 2. The molecular formula is C24H19N5O4. The van der Waals surface area contributed by atoms with Crippen LogP contribution in [0, 0.1) is 28.4 Å². The van der Waals surface area contributed by atoms with Gasteiger partial charge in [0.05, 0.1) is 16.2 Å². The van der Waals surface area contributed by atoms with Crippen LogP contribution < -0.4 is 16.0 Å². The third-order valence-corrected chi connectivity index (χ3v) is 6.58. The Bertz CT molecular complexity index is 1380. The topological polar surface area (TPSA) is 142 Å². The molecule has 2 aliphatic heterocycles. The highest BCUT2D eigenvalue weighted by atomic mass is 16.6. The van der Waals surface area contributed by atoms with E-state index in [9.17, 15) is 25.0 Å². The van der Waals surface area contributed by atoms with Gasteiger partial charge in [0.2, 0.25) is 5.91 Å². The first-order valence-electron chi connectivity index (χ1n) is 10.5. The van der Waals surface area contributed by atoms with Gasteiger partial charge in [-0.2, -0.15) is 5.26 Å². The molecule has 2 aromatic carbocycles. The highest BCUT2D eigenvalue weighted by molar-refractivity contribution is 6.19. The maximum Gasteiger partial charge on any atom is 0.271 e. The number of nitro groups is 1. The molecule has 2 heterocycles. The molecule has 164 valence electrons. The van der Waals surface area contributed by atoms with E-state index in [-0.39, 0.29) is 34.9 Å². The number of ketones is 1.